The van der Waals surface area contributed by atoms with E-state index in [9.17, 15) is 9.18 Å². The Labute approximate surface area is 99.8 Å². The van der Waals surface area contributed by atoms with E-state index < -0.39 is 5.82 Å². The minimum absolute atomic E-state index is 0.114. The first kappa shape index (κ1) is 12.0. The summed E-state index contributed by atoms with van der Waals surface area (Å²) >= 11 is 0. The topological polar surface area (TPSA) is 45.2 Å². The molecule has 0 spiro atoms. The van der Waals surface area contributed by atoms with E-state index in [1.54, 1.807) is 4.90 Å². The first-order chi connectivity index (χ1) is 8.24. The zero-order valence-electron chi connectivity index (χ0n) is 9.82. The van der Waals surface area contributed by atoms with Crippen LogP contribution >= 0.6 is 0 Å². The Morgan fingerprint density at radius 3 is 3.24 bits per heavy atom. The largest absolute Gasteiger partial charge is 0.334 e. The van der Waals surface area contributed by atoms with Crippen molar-refractivity contribution in [3.63, 3.8) is 0 Å². The highest BCUT2D eigenvalue weighted by atomic mass is 19.1. The zero-order valence-corrected chi connectivity index (χ0v) is 9.82. The smallest absolute Gasteiger partial charge is 0.257 e. The van der Waals surface area contributed by atoms with Crippen molar-refractivity contribution in [2.45, 2.75) is 18.9 Å². The molecule has 1 aliphatic rings. The third-order valence-corrected chi connectivity index (χ3v) is 3.08. The van der Waals surface area contributed by atoms with E-state index in [1.807, 2.05) is 7.05 Å². The molecule has 1 fully saturated rings. The van der Waals surface area contributed by atoms with E-state index in [1.165, 1.54) is 12.3 Å². The fraction of sp³-hybridized carbons (Fsp3) is 0.500. The summed E-state index contributed by atoms with van der Waals surface area (Å²) < 4.78 is 13.5. The molecule has 0 unspecified atom stereocenters. The van der Waals surface area contributed by atoms with Gasteiger partial charge in [-0.1, -0.05) is 0 Å². The molecule has 2 rings (SSSR count). The van der Waals surface area contributed by atoms with Crippen LogP contribution in [0.4, 0.5) is 4.39 Å². The molecule has 0 radical (unpaired) electrons. The van der Waals surface area contributed by atoms with Crippen LogP contribution in [0.3, 0.4) is 0 Å². The van der Waals surface area contributed by atoms with Gasteiger partial charge in [0, 0.05) is 25.3 Å². The highest BCUT2D eigenvalue weighted by molar-refractivity contribution is 5.94. The third kappa shape index (κ3) is 2.44. The number of aromatic nitrogens is 1. The Morgan fingerprint density at radius 2 is 2.53 bits per heavy atom. The maximum Gasteiger partial charge on any atom is 0.257 e. The number of carbonyl (C=O) groups excluding carboxylic acids is 1. The Balaban J connectivity index is 2.17. The molecule has 17 heavy (non-hydrogen) atoms. The Kier molecular flexibility index (Phi) is 3.68. The van der Waals surface area contributed by atoms with Crippen LogP contribution in [0.1, 0.15) is 23.2 Å². The molecular weight excluding hydrogens is 221 g/mol. The number of amides is 1. The maximum atomic E-state index is 13.5. The van der Waals surface area contributed by atoms with Gasteiger partial charge in [-0.3, -0.25) is 9.78 Å². The standard InChI is InChI=1S/C12H16FN3O/c1-14-7-9-3-2-6-16(9)12(17)10-4-5-15-8-11(10)13/h4-5,8-9,14H,2-3,6-7H2,1H3/t9-/m1/s1. The van der Waals surface area contributed by atoms with Crippen LogP contribution < -0.4 is 5.32 Å². The van der Waals surface area contributed by atoms with Crippen molar-refractivity contribution in [1.29, 1.82) is 0 Å². The molecule has 1 aromatic rings. The first-order valence-electron chi connectivity index (χ1n) is 5.79. The number of nitrogens with zero attached hydrogens (tertiary/aromatic N) is 2. The molecule has 1 saturated heterocycles. The summed E-state index contributed by atoms with van der Waals surface area (Å²) in [4.78, 5) is 17.6. The molecule has 1 aliphatic heterocycles. The number of likely N-dealkylation sites (N-methyl/N-ethyl adjacent to an activating group) is 1. The van der Waals surface area contributed by atoms with E-state index in [4.69, 9.17) is 0 Å². The second-order valence-electron chi connectivity index (χ2n) is 4.21. The van der Waals surface area contributed by atoms with Gasteiger partial charge in [0.05, 0.1) is 11.8 Å². The van der Waals surface area contributed by atoms with Gasteiger partial charge in [-0.2, -0.15) is 0 Å². The number of likely N-dealkylation sites (tertiary alicyclic amines) is 1. The van der Waals surface area contributed by atoms with Crippen molar-refractivity contribution < 1.29 is 9.18 Å². The molecule has 1 N–H and O–H groups in total. The highest BCUT2D eigenvalue weighted by Crippen LogP contribution is 2.20. The van der Waals surface area contributed by atoms with Gasteiger partial charge in [-0.25, -0.2) is 4.39 Å². The molecular formula is C12H16FN3O. The summed E-state index contributed by atoms with van der Waals surface area (Å²) in [5.41, 5.74) is 0.114. The molecule has 4 nitrogen and oxygen atoms in total. The van der Waals surface area contributed by atoms with Crippen molar-refractivity contribution in [3.8, 4) is 0 Å². The Bertz CT molecular complexity index is 410. The van der Waals surface area contributed by atoms with Crippen molar-refractivity contribution in [2.75, 3.05) is 20.1 Å². The second-order valence-corrected chi connectivity index (χ2v) is 4.21. The monoisotopic (exact) mass is 237 g/mol. The van der Waals surface area contributed by atoms with E-state index in [-0.39, 0.29) is 17.5 Å². The summed E-state index contributed by atoms with van der Waals surface area (Å²) in [5.74, 6) is -0.782. The molecule has 0 aromatic carbocycles. The molecule has 92 valence electrons. The maximum absolute atomic E-state index is 13.5. The SMILES string of the molecule is CNC[C@H]1CCCN1C(=O)c1ccncc1F. The zero-order chi connectivity index (χ0) is 12.3. The van der Waals surface area contributed by atoms with Crippen LogP contribution in [0.15, 0.2) is 18.5 Å². The quantitative estimate of drug-likeness (QED) is 0.854. The molecule has 0 saturated carbocycles. The predicted octanol–water partition coefficient (Wildman–Crippen LogP) is 1.04. The number of rotatable bonds is 3. The average molecular weight is 237 g/mol. The normalized spacial score (nSPS) is 19.6. The molecule has 2 heterocycles. The van der Waals surface area contributed by atoms with Crippen molar-refractivity contribution in [2.24, 2.45) is 0 Å². The van der Waals surface area contributed by atoms with Crippen molar-refractivity contribution in [3.05, 3.63) is 29.8 Å². The summed E-state index contributed by atoms with van der Waals surface area (Å²) in [6, 6.07) is 1.60. The van der Waals surface area contributed by atoms with Crippen LogP contribution in [0, 0.1) is 5.82 Å². The van der Waals surface area contributed by atoms with Crippen LogP contribution in [0.2, 0.25) is 0 Å². The fourth-order valence-electron chi connectivity index (χ4n) is 2.25. The fourth-order valence-corrected chi connectivity index (χ4v) is 2.25. The summed E-state index contributed by atoms with van der Waals surface area (Å²) in [7, 11) is 1.86. The summed E-state index contributed by atoms with van der Waals surface area (Å²) in [6.45, 7) is 1.45. The van der Waals surface area contributed by atoms with Gasteiger partial charge in [0.2, 0.25) is 0 Å². The Hall–Kier alpha value is -1.49. The van der Waals surface area contributed by atoms with Gasteiger partial charge in [0.25, 0.3) is 5.91 Å². The molecule has 1 amide bonds. The third-order valence-electron chi connectivity index (χ3n) is 3.08. The van der Waals surface area contributed by atoms with Crippen LogP contribution in [0.5, 0.6) is 0 Å². The highest BCUT2D eigenvalue weighted by Gasteiger charge is 2.29. The summed E-state index contributed by atoms with van der Waals surface area (Å²) in [5, 5.41) is 3.06. The number of hydrogen-bond donors (Lipinski definition) is 1. The molecule has 1 aromatic heterocycles. The van der Waals surface area contributed by atoms with E-state index in [0.29, 0.717) is 6.54 Å². The predicted molar refractivity (Wildman–Crippen MR) is 62.2 cm³/mol. The minimum Gasteiger partial charge on any atom is -0.334 e. The first-order valence-corrected chi connectivity index (χ1v) is 5.79. The van der Waals surface area contributed by atoms with Gasteiger partial charge >= 0.3 is 0 Å². The number of hydrogen-bond acceptors (Lipinski definition) is 3. The molecule has 1 atom stereocenters. The van der Waals surface area contributed by atoms with Crippen LogP contribution in [0.25, 0.3) is 0 Å². The van der Waals surface area contributed by atoms with Gasteiger partial charge in [0.1, 0.15) is 0 Å². The van der Waals surface area contributed by atoms with Gasteiger partial charge in [0.15, 0.2) is 5.82 Å². The molecule has 0 bridgehead atoms. The van der Waals surface area contributed by atoms with Gasteiger partial charge in [-0.15, -0.1) is 0 Å². The van der Waals surface area contributed by atoms with Crippen molar-refractivity contribution in [1.82, 2.24) is 15.2 Å². The van der Waals surface area contributed by atoms with Gasteiger partial charge < -0.3 is 10.2 Å². The molecule has 5 heteroatoms. The van der Waals surface area contributed by atoms with E-state index in [0.717, 1.165) is 25.6 Å². The number of pyridine rings is 1. The lowest BCUT2D eigenvalue weighted by Crippen LogP contribution is -2.41. The van der Waals surface area contributed by atoms with E-state index in [2.05, 4.69) is 10.3 Å². The average Bonchev–Trinajstić information content (AvgIpc) is 2.78. The van der Waals surface area contributed by atoms with Gasteiger partial charge in [-0.05, 0) is 26.0 Å². The summed E-state index contributed by atoms with van der Waals surface area (Å²) in [6.07, 6.45) is 4.47. The number of nitrogens with one attached hydrogen (secondary N) is 1. The lowest BCUT2D eigenvalue weighted by molar-refractivity contribution is 0.0732. The Morgan fingerprint density at radius 1 is 1.71 bits per heavy atom. The van der Waals surface area contributed by atoms with E-state index >= 15 is 0 Å². The second kappa shape index (κ2) is 5.23. The number of carbonyl (C=O) groups is 1. The lowest BCUT2D eigenvalue weighted by Gasteiger charge is -2.24. The number of halogens is 1. The minimum atomic E-state index is -0.549. The lowest BCUT2D eigenvalue weighted by atomic mass is 10.2. The molecule has 0 aliphatic carbocycles. The van der Waals surface area contributed by atoms with Crippen LogP contribution in [-0.4, -0.2) is 42.0 Å². The van der Waals surface area contributed by atoms with Crippen molar-refractivity contribution >= 4 is 5.91 Å². The van der Waals surface area contributed by atoms with Crippen LogP contribution in [-0.2, 0) is 0 Å².